The molecular formula is C29H31N3O2. The molecule has 1 heterocycles. The number of hydrogen-bond donors (Lipinski definition) is 1. The molecule has 2 fully saturated rings. The molecular weight excluding hydrogens is 422 g/mol. The van der Waals surface area contributed by atoms with Gasteiger partial charge in [0.1, 0.15) is 0 Å². The molecule has 3 aromatic rings. The number of rotatable bonds is 7. The molecule has 0 aromatic heterocycles. The van der Waals surface area contributed by atoms with Crippen LogP contribution in [0.5, 0.6) is 0 Å². The molecule has 1 saturated carbocycles. The van der Waals surface area contributed by atoms with E-state index < -0.39 is 0 Å². The zero-order valence-electron chi connectivity index (χ0n) is 19.4. The van der Waals surface area contributed by atoms with Crippen molar-refractivity contribution in [3.8, 4) is 0 Å². The molecule has 0 atom stereocenters. The van der Waals surface area contributed by atoms with Gasteiger partial charge in [0.05, 0.1) is 6.04 Å². The number of piperazine rings is 1. The molecule has 2 aliphatic rings. The van der Waals surface area contributed by atoms with Crippen LogP contribution in [0.2, 0.25) is 0 Å². The van der Waals surface area contributed by atoms with E-state index in [0.717, 1.165) is 31.5 Å². The number of hydrogen-bond acceptors (Lipinski definition) is 3. The number of nitrogens with zero attached hydrogens (tertiary/aromatic N) is 2. The van der Waals surface area contributed by atoms with Crippen LogP contribution < -0.4 is 5.32 Å². The Morgan fingerprint density at radius 1 is 0.765 bits per heavy atom. The first-order chi connectivity index (χ1) is 16.7. The molecule has 0 radical (unpaired) electrons. The summed E-state index contributed by atoms with van der Waals surface area (Å²) in [6.45, 7) is 3.57. The Kier molecular flexibility index (Phi) is 6.72. The van der Waals surface area contributed by atoms with Crippen LogP contribution in [0.3, 0.4) is 0 Å². The fourth-order valence-corrected chi connectivity index (χ4v) is 4.69. The molecule has 2 amide bonds. The second-order valence-corrected chi connectivity index (χ2v) is 9.24. The molecule has 174 valence electrons. The zero-order chi connectivity index (χ0) is 23.3. The SMILES string of the molecule is O=C(NCc1ccc(C(=O)N2CCN(C(c3ccccc3)c3ccccc3)CC2)cc1)C1CC1. The molecule has 5 heteroatoms. The van der Waals surface area contributed by atoms with Crippen molar-refractivity contribution in [3.05, 3.63) is 107 Å². The van der Waals surface area contributed by atoms with E-state index in [1.54, 1.807) is 0 Å². The summed E-state index contributed by atoms with van der Waals surface area (Å²) in [5.41, 5.74) is 4.27. The Hall–Kier alpha value is -3.44. The van der Waals surface area contributed by atoms with Gasteiger partial charge in [0.25, 0.3) is 5.91 Å². The zero-order valence-corrected chi connectivity index (χ0v) is 19.4. The van der Waals surface area contributed by atoms with Crippen molar-refractivity contribution >= 4 is 11.8 Å². The maximum absolute atomic E-state index is 13.1. The van der Waals surface area contributed by atoms with E-state index in [1.165, 1.54) is 11.1 Å². The van der Waals surface area contributed by atoms with Crippen LogP contribution in [0.1, 0.15) is 45.9 Å². The summed E-state index contributed by atoms with van der Waals surface area (Å²) in [4.78, 5) is 29.4. The minimum atomic E-state index is 0.0733. The van der Waals surface area contributed by atoms with Gasteiger partial charge in [-0.1, -0.05) is 72.8 Å². The third-order valence-electron chi connectivity index (χ3n) is 6.81. The number of carbonyl (C=O) groups is 2. The minimum absolute atomic E-state index is 0.0733. The van der Waals surface area contributed by atoms with Crippen LogP contribution in [-0.4, -0.2) is 47.8 Å². The number of benzene rings is 3. The highest BCUT2D eigenvalue weighted by Crippen LogP contribution is 2.30. The van der Waals surface area contributed by atoms with Gasteiger partial charge in [0.15, 0.2) is 0 Å². The predicted molar refractivity (Wildman–Crippen MR) is 133 cm³/mol. The molecule has 3 aromatic carbocycles. The van der Waals surface area contributed by atoms with Crippen LogP contribution in [0, 0.1) is 5.92 Å². The second-order valence-electron chi connectivity index (χ2n) is 9.24. The molecule has 1 saturated heterocycles. The number of nitrogens with one attached hydrogen (secondary N) is 1. The average molecular weight is 454 g/mol. The molecule has 5 nitrogen and oxygen atoms in total. The van der Waals surface area contributed by atoms with Crippen molar-refractivity contribution in [1.82, 2.24) is 15.1 Å². The van der Waals surface area contributed by atoms with Crippen LogP contribution in [-0.2, 0) is 11.3 Å². The largest absolute Gasteiger partial charge is 0.352 e. The quantitative estimate of drug-likeness (QED) is 0.582. The molecule has 34 heavy (non-hydrogen) atoms. The number of carbonyl (C=O) groups excluding carboxylic acids is 2. The van der Waals surface area contributed by atoms with Crippen molar-refractivity contribution in [1.29, 1.82) is 0 Å². The van der Waals surface area contributed by atoms with E-state index in [-0.39, 0.29) is 23.8 Å². The molecule has 0 unspecified atom stereocenters. The van der Waals surface area contributed by atoms with Crippen LogP contribution in [0.15, 0.2) is 84.9 Å². The fourth-order valence-electron chi connectivity index (χ4n) is 4.69. The summed E-state index contributed by atoms with van der Waals surface area (Å²) in [6, 6.07) is 29.0. The summed E-state index contributed by atoms with van der Waals surface area (Å²) in [5.74, 6) is 0.425. The van der Waals surface area contributed by atoms with E-state index in [1.807, 2.05) is 29.2 Å². The summed E-state index contributed by atoms with van der Waals surface area (Å²) >= 11 is 0. The van der Waals surface area contributed by atoms with Gasteiger partial charge < -0.3 is 10.2 Å². The van der Waals surface area contributed by atoms with Gasteiger partial charge in [-0.3, -0.25) is 14.5 Å². The van der Waals surface area contributed by atoms with Gasteiger partial charge in [-0.2, -0.15) is 0 Å². The highest BCUT2D eigenvalue weighted by atomic mass is 16.2. The molecule has 1 aliphatic carbocycles. The van der Waals surface area contributed by atoms with E-state index in [4.69, 9.17) is 0 Å². The molecule has 1 N–H and O–H groups in total. The van der Waals surface area contributed by atoms with Crippen molar-refractivity contribution in [3.63, 3.8) is 0 Å². The molecule has 1 aliphatic heterocycles. The maximum Gasteiger partial charge on any atom is 0.253 e. The monoisotopic (exact) mass is 453 g/mol. The van der Waals surface area contributed by atoms with Crippen molar-refractivity contribution < 1.29 is 9.59 Å². The molecule has 5 rings (SSSR count). The first-order valence-corrected chi connectivity index (χ1v) is 12.2. The average Bonchev–Trinajstić information content (AvgIpc) is 3.75. The Labute approximate surface area is 201 Å². The lowest BCUT2D eigenvalue weighted by Gasteiger charge is -2.39. The third-order valence-corrected chi connectivity index (χ3v) is 6.81. The fraction of sp³-hybridized carbons (Fsp3) is 0.310. The van der Waals surface area contributed by atoms with Gasteiger partial charge in [-0.15, -0.1) is 0 Å². The predicted octanol–water partition coefficient (Wildman–Crippen LogP) is 4.26. The molecule has 0 bridgehead atoms. The van der Waals surface area contributed by atoms with Crippen LogP contribution in [0.4, 0.5) is 0 Å². The topological polar surface area (TPSA) is 52.7 Å². The van der Waals surface area contributed by atoms with E-state index >= 15 is 0 Å². The summed E-state index contributed by atoms with van der Waals surface area (Å²) in [6.07, 6.45) is 2.01. The minimum Gasteiger partial charge on any atom is -0.352 e. The Balaban J connectivity index is 1.21. The van der Waals surface area contributed by atoms with Crippen molar-refractivity contribution in [2.24, 2.45) is 5.92 Å². The molecule has 0 spiro atoms. The van der Waals surface area contributed by atoms with Crippen molar-refractivity contribution in [2.75, 3.05) is 26.2 Å². The lowest BCUT2D eigenvalue weighted by molar-refractivity contribution is -0.122. The van der Waals surface area contributed by atoms with Gasteiger partial charge in [0, 0.05) is 44.2 Å². The van der Waals surface area contributed by atoms with E-state index in [2.05, 4.69) is 70.9 Å². The maximum atomic E-state index is 13.1. The van der Waals surface area contributed by atoms with Gasteiger partial charge in [-0.05, 0) is 41.7 Å². The standard InChI is InChI=1S/C29H31N3O2/c33-28(25-15-16-25)30-21-22-11-13-26(14-12-22)29(34)32-19-17-31(18-20-32)27(23-7-3-1-4-8-23)24-9-5-2-6-10-24/h1-14,25,27H,15-21H2,(H,30,33). The summed E-state index contributed by atoms with van der Waals surface area (Å²) < 4.78 is 0. The Morgan fingerprint density at radius 3 is 1.85 bits per heavy atom. The Bertz CT molecular complexity index is 1060. The summed E-state index contributed by atoms with van der Waals surface area (Å²) in [7, 11) is 0. The van der Waals surface area contributed by atoms with Gasteiger partial charge >= 0.3 is 0 Å². The van der Waals surface area contributed by atoms with Gasteiger partial charge in [0.2, 0.25) is 5.91 Å². The summed E-state index contributed by atoms with van der Waals surface area (Å²) in [5, 5.41) is 2.98. The lowest BCUT2D eigenvalue weighted by atomic mass is 9.96. The number of amides is 2. The lowest BCUT2D eigenvalue weighted by Crippen LogP contribution is -2.49. The Morgan fingerprint density at radius 2 is 1.32 bits per heavy atom. The van der Waals surface area contributed by atoms with Crippen LogP contribution >= 0.6 is 0 Å². The van der Waals surface area contributed by atoms with E-state index in [0.29, 0.717) is 25.2 Å². The van der Waals surface area contributed by atoms with E-state index in [9.17, 15) is 9.59 Å². The van der Waals surface area contributed by atoms with Gasteiger partial charge in [-0.25, -0.2) is 0 Å². The third kappa shape index (κ3) is 5.20. The normalized spacial score (nSPS) is 16.4. The second kappa shape index (κ2) is 10.2. The first-order valence-electron chi connectivity index (χ1n) is 12.2. The highest BCUT2D eigenvalue weighted by molar-refractivity contribution is 5.94. The van der Waals surface area contributed by atoms with Crippen molar-refractivity contribution in [2.45, 2.75) is 25.4 Å². The highest BCUT2D eigenvalue weighted by Gasteiger charge is 2.30. The smallest absolute Gasteiger partial charge is 0.253 e. The first kappa shape index (κ1) is 22.4. The van der Waals surface area contributed by atoms with Crippen LogP contribution in [0.25, 0.3) is 0 Å².